The first-order chi connectivity index (χ1) is 7.06. The standard InChI is InChI=1S/C9H16N4O2/c1-3-6(14)4-11-9(15)8-7(10)5-12-13(8)2/h5-6,14H,3-4,10H2,1-2H3,(H,11,15). The van der Waals surface area contributed by atoms with Gasteiger partial charge in [0.1, 0.15) is 5.69 Å². The molecule has 0 aliphatic heterocycles. The fourth-order valence-corrected chi connectivity index (χ4v) is 1.17. The highest BCUT2D eigenvalue weighted by Crippen LogP contribution is 2.08. The quantitative estimate of drug-likeness (QED) is 0.627. The lowest BCUT2D eigenvalue weighted by molar-refractivity contribution is 0.0905. The zero-order chi connectivity index (χ0) is 11.4. The van der Waals surface area contributed by atoms with Crippen LogP contribution in [0.2, 0.25) is 0 Å². The van der Waals surface area contributed by atoms with Gasteiger partial charge in [0.2, 0.25) is 0 Å². The Morgan fingerprint density at radius 3 is 2.93 bits per heavy atom. The van der Waals surface area contributed by atoms with Crippen molar-refractivity contribution < 1.29 is 9.90 Å². The summed E-state index contributed by atoms with van der Waals surface area (Å²) in [5, 5.41) is 15.7. The third kappa shape index (κ3) is 2.69. The molecular weight excluding hydrogens is 196 g/mol. The van der Waals surface area contributed by atoms with Crippen molar-refractivity contribution in [3.8, 4) is 0 Å². The van der Waals surface area contributed by atoms with Crippen LogP contribution in [0, 0.1) is 0 Å². The summed E-state index contributed by atoms with van der Waals surface area (Å²) in [6.07, 6.45) is 1.50. The Bertz CT molecular complexity index is 328. The molecule has 1 aromatic heterocycles. The second kappa shape index (κ2) is 4.79. The number of amides is 1. The van der Waals surface area contributed by atoms with E-state index < -0.39 is 6.10 Å². The van der Waals surface area contributed by atoms with E-state index in [4.69, 9.17) is 5.73 Å². The number of nitrogens with two attached hydrogens (primary N) is 1. The van der Waals surface area contributed by atoms with E-state index in [2.05, 4.69) is 10.4 Å². The number of aryl methyl sites for hydroxylation is 1. The van der Waals surface area contributed by atoms with Crippen molar-refractivity contribution in [2.45, 2.75) is 19.4 Å². The van der Waals surface area contributed by atoms with E-state index in [1.54, 1.807) is 7.05 Å². The van der Waals surface area contributed by atoms with E-state index in [0.29, 0.717) is 17.8 Å². The zero-order valence-corrected chi connectivity index (χ0v) is 8.90. The van der Waals surface area contributed by atoms with Gasteiger partial charge in [-0.1, -0.05) is 6.92 Å². The Morgan fingerprint density at radius 2 is 2.47 bits per heavy atom. The topological polar surface area (TPSA) is 93.2 Å². The summed E-state index contributed by atoms with van der Waals surface area (Å²) in [6, 6.07) is 0. The fraction of sp³-hybridized carbons (Fsp3) is 0.556. The fourth-order valence-electron chi connectivity index (χ4n) is 1.17. The Kier molecular flexibility index (Phi) is 3.68. The lowest BCUT2D eigenvalue weighted by atomic mass is 10.2. The molecule has 1 atom stereocenters. The molecule has 1 amide bonds. The maximum atomic E-state index is 11.6. The molecule has 0 saturated carbocycles. The molecule has 0 bridgehead atoms. The lowest BCUT2D eigenvalue weighted by Crippen LogP contribution is -2.33. The number of anilines is 1. The number of nitrogens with one attached hydrogen (secondary N) is 1. The van der Waals surface area contributed by atoms with Crippen LogP contribution in [-0.4, -0.2) is 33.4 Å². The molecule has 15 heavy (non-hydrogen) atoms. The first-order valence-corrected chi connectivity index (χ1v) is 4.80. The highest BCUT2D eigenvalue weighted by atomic mass is 16.3. The van der Waals surface area contributed by atoms with E-state index in [9.17, 15) is 9.90 Å². The maximum absolute atomic E-state index is 11.6. The molecule has 84 valence electrons. The van der Waals surface area contributed by atoms with E-state index in [1.165, 1.54) is 10.9 Å². The van der Waals surface area contributed by atoms with Gasteiger partial charge < -0.3 is 16.2 Å². The number of hydrogen-bond donors (Lipinski definition) is 3. The van der Waals surface area contributed by atoms with Crippen LogP contribution in [0.25, 0.3) is 0 Å². The number of carbonyl (C=O) groups excluding carboxylic acids is 1. The van der Waals surface area contributed by atoms with Crippen molar-refractivity contribution in [2.75, 3.05) is 12.3 Å². The van der Waals surface area contributed by atoms with Crippen molar-refractivity contribution in [3.63, 3.8) is 0 Å². The van der Waals surface area contributed by atoms with Gasteiger partial charge in [0.05, 0.1) is 18.0 Å². The summed E-state index contributed by atoms with van der Waals surface area (Å²) in [6.45, 7) is 2.06. The predicted octanol–water partition coefficient (Wildman–Crippen LogP) is -0.497. The molecule has 6 heteroatoms. The van der Waals surface area contributed by atoms with E-state index >= 15 is 0 Å². The van der Waals surface area contributed by atoms with Gasteiger partial charge in [-0.3, -0.25) is 9.48 Å². The van der Waals surface area contributed by atoms with Gasteiger partial charge in [-0.05, 0) is 6.42 Å². The Labute approximate surface area is 88.1 Å². The molecule has 0 radical (unpaired) electrons. The van der Waals surface area contributed by atoms with Gasteiger partial charge in [0, 0.05) is 13.6 Å². The molecule has 0 aromatic carbocycles. The SMILES string of the molecule is CCC(O)CNC(=O)c1c(N)cnn1C. The molecule has 6 nitrogen and oxygen atoms in total. The summed E-state index contributed by atoms with van der Waals surface area (Å²) in [5.41, 5.74) is 6.23. The highest BCUT2D eigenvalue weighted by molar-refractivity contribution is 5.97. The van der Waals surface area contributed by atoms with Crippen LogP contribution in [0.15, 0.2) is 6.20 Å². The van der Waals surface area contributed by atoms with Gasteiger partial charge in [-0.25, -0.2) is 0 Å². The second-order valence-corrected chi connectivity index (χ2v) is 3.34. The Morgan fingerprint density at radius 1 is 1.80 bits per heavy atom. The maximum Gasteiger partial charge on any atom is 0.271 e. The van der Waals surface area contributed by atoms with Crippen LogP contribution < -0.4 is 11.1 Å². The van der Waals surface area contributed by atoms with Crippen LogP contribution in [0.1, 0.15) is 23.8 Å². The summed E-state index contributed by atoms with van der Waals surface area (Å²) < 4.78 is 1.41. The molecule has 1 heterocycles. The highest BCUT2D eigenvalue weighted by Gasteiger charge is 2.15. The first-order valence-electron chi connectivity index (χ1n) is 4.80. The summed E-state index contributed by atoms with van der Waals surface area (Å²) >= 11 is 0. The van der Waals surface area contributed by atoms with Crippen molar-refractivity contribution >= 4 is 11.6 Å². The van der Waals surface area contributed by atoms with Crippen molar-refractivity contribution in [3.05, 3.63) is 11.9 Å². The minimum Gasteiger partial charge on any atom is -0.396 e. The average Bonchev–Trinajstić information content (AvgIpc) is 2.54. The Hall–Kier alpha value is -1.56. The minimum absolute atomic E-state index is 0.222. The number of nitrogen functional groups attached to an aromatic ring is 1. The lowest BCUT2D eigenvalue weighted by Gasteiger charge is -2.09. The van der Waals surface area contributed by atoms with Crippen LogP contribution in [0.3, 0.4) is 0 Å². The summed E-state index contributed by atoms with van der Waals surface area (Å²) in [4.78, 5) is 11.6. The van der Waals surface area contributed by atoms with Crippen molar-refractivity contribution in [2.24, 2.45) is 7.05 Å². The second-order valence-electron chi connectivity index (χ2n) is 3.34. The summed E-state index contributed by atoms with van der Waals surface area (Å²) in [7, 11) is 1.64. The van der Waals surface area contributed by atoms with E-state index in [0.717, 1.165) is 0 Å². The molecule has 0 fully saturated rings. The van der Waals surface area contributed by atoms with Gasteiger partial charge in [-0.2, -0.15) is 5.10 Å². The number of rotatable bonds is 4. The van der Waals surface area contributed by atoms with Gasteiger partial charge >= 0.3 is 0 Å². The number of aliphatic hydroxyl groups excluding tert-OH is 1. The smallest absolute Gasteiger partial charge is 0.271 e. The molecule has 0 aliphatic rings. The minimum atomic E-state index is -0.525. The number of aromatic nitrogens is 2. The van der Waals surface area contributed by atoms with Gasteiger partial charge in [0.25, 0.3) is 5.91 Å². The number of nitrogens with zero attached hydrogens (tertiary/aromatic N) is 2. The monoisotopic (exact) mass is 212 g/mol. The number of carbonyl (C=O) groups is 1. The molecule has 4 N–H and O–H groups in total. The average molecular weight is 212 g/mol. The van der Waals surface area contributed by atoms with Gasteiger partial charge in [-0.15, -0.1) is 0 Å². The van der Waals surface area contributed by atoms with E-state index in [1.807, 2.05) is 6.92 Å². The largest absolute Gasteiger partial charge is 0.396 e. The molecule has 0 spiro atoms. The predicted molar refractivity (Wildman–Crippen MR) is 56.3 cm³/mol. The molecule has 1 rings (SSSR count). The number of hydrogen-bond acceptors (Lipinski definition) is 4. The third-order valence-corrected chi connectivity index (χ3v) is 2.15. The molecule has 0 aliphatic carbocycles. The molecular formula is C9H16N4O2. The van der Waals surface area contributed by atoms with Crippen LogP contribution in [-0.2, 0) is 7.05 Å². The normalized spacial score (nSPS) is 12.5. The van der Waals surface area contributed by atoms with Crippen LogP contribution in [0.4, 0.5) is 5.69 Å². The first kappa shape index (κ1) is 11.5. The zero-order valence-electron chi connectivity index (χ0n) is 8.90. The van der Waals surface area contributed by atoms with Crippen molar-refractivity contribution in [1.82, 2.24) is 15.1 Å². The number of aliphatic hydroxyl groups is 1. The van der Waals surface area contributed by atoms with Crippen molar-refractivity contribution in [1.29, 1.82) is 0 Å². The molecule has 0 saturated heterocycles. The Balaban J connectivity index is 2.62. The van der Waals surface area contributed by atoms with E-state index in [-0.39, 0.29) is 12.5 Å². The van der Waals surface area contributed by atoms with Gasteiger partial charge in [0.15, 0.2) is 0 Å². The summed E-state index contributed by atoms with van der Waals surface area (Å²) in [5.74, 6) is -0.319. The van der Waals surface area contributed by atoms with Crippen LogP contribution in [0.5, 0.6) is 0 Å². The molecule has 1 unspecified atom stereocenters. The molecule has 1 aromatic rings. The third-order valence-electron chi connectivity index (χ3n) is 2.15. The van der Waals surface area contributed by atoms with Crippen LogP contribution >= 0.6 is 0 Å².